The highest BCUT2D eigenvalue weighted by Gasteiger charge is 2.29. The Hall–Kier alpha value is -1.32. The van der Waals surface area contributed by atoms with Crippen molar-refractivity contribution in [1.82, 2.24) is 4.31 Å². The lowest BCUT2D eigenvalue weighted by molar-refractivity contribution is -0.384. The van der Waals surface area contributed by atoms with Gasteiger partial charge in [-0.05, 0) is 25.0 Å². The van der Waals surface area contributed by atoms with Crippen LogP contribution in [0.4, 0.5) is 11.4 Å². The Balaban J connectivity index is 1.94. The number of nitrogens with zero attached hydrogens (tertiary/aromatic N) is 3. The van der Waals surface area contributed by atoms with Gasteiger partial charge in [0.2, 0.25) is 10.0 Å². The molecule has 1 aromatic rings. The van der Waals surface area contributed by atoms with Gasteiger partial charge in [0.25, 0.3) is 5.69 Å². The third-order valence-electron chi connectivity index (χ3n) is 4.70. The van der Waals surface area contributed by atoms with Crippen molar-refractivity contribution in [3.8, 4) is 0 Å². The fraction of sp³-hybridized carbons (Fsp3) is 0.625. The molecule has 0 aromatic heterocycles. The molecule has 138 valence electrons. The Labute approximate surface area is 152 Å². The summed E-state index contributed by atoms with van der Waals surface area (Å²) in [6.45, 7) is 2.45. The molecule has 0 bridgehead atoms. The minimum atomic E-state index is -3.68. The van der Waals surface area contributed by atoms with Crippen molar-refractivity contribution < 1.29 is 13.3 Å². The van der Waals surface area contributed by atoms with Crippen LogP contribution in [0.3, 0.4) is 0 Å². The molecule has 9 heteroatoms. The molecule has 0 radical (unpaired) electrons. The smallest absolute Gasteiger partial charge is 0.293 e. The van der Waals surface area contributed by atoms with E-state index in [0.29, 0.717) is 18.8 Å². The predicted octanol–water partition coefficient (Wildman–Crippen LogP) is 2.71. The van der Waals surface area contributed by atoms with Crippen LogP contribution in [0.15, 0.2) is 23.1 Å². The van der Waals surface area contributed by atoms with Crippen LogP contribution >= 0.6 is 11.8 Å². The first-order valence-electron chi connectivity index (χ1n) is 8.61. The number of hydrogen-bond donors (Lipinski definition) is 0. The van der Waals surface area contributed by atoms with Gasteiger partial charge in [0, 0.05) is 43.8 Å². The predicted molar refractivity (Wildman–Crippen MR) is 99.9 cm³/mol. The van der Waals surface area contributed by atoms with E-state index in [9.17, 15) is 18.5 Å². The maximum atomic E-state index is 12.9. The van der Waals surface area contributed by atoms with Gasteiger partial charge in [-0.25, -0.2) is 8.42 Å². The molecule has 0 amide bonds. The van der Waals surface area contributed by atoms with Gasteiger partial charge in [0.15, 0.2) is 0 Å². The van der Waals surface area contributed by atoms with E-state index in [1.807, 2.05) is 16.7 Å². The van der Waals surface area contributed by atoms with Gasteiger partial charge in [-0.2, -0.15) is 16.1 Å². The molecule has 1 aromatic carbocycles. The second kappa shape index (κ2) is 7.92. The Morgan fingerprint density at radius 2 is 1.64 bits per heavy atom. The number of sulfonamides is 1. The highest BCUT2D eigenvalue weighted by Crippen LogP contribution is 2.33. The van der Waals surface area contributed by atoms with Crippen molar-refractivity contribution in [2.75, 3.05) is 42.6 Å². The Kier molecular flexibility index (Phi) is 5.85. The molecule has 0 spiro atoms. The standard InChI is InChI=1S/C16H23N3O4S2/c20-19(21)16-13-14(5-6-15(16)17-9-11-24-12-10-17)25(22,23)18-7-3-1-2-4-8-18/h5-6,13H,1-4,7-12H2. The Morgan fingerprint density at radius 3 is 2.24 bits per heavy atom. The SMILES string of the molecule is O=[N+]([O-])c1cc(S(=O)(=O)N2CCCCCC2)ccc1N1CCSCC1. The summed E-state index contributed by atoms with van der Waals surface area (Å²) in [5, 5.41) is 11.5. The summed E-state index contributed by atoms with van der Waals surface area (Å²) < 4.78 is 27.2. The summed E-state index contributed by atoms with van der Waals surface area (Å²) in [5.41, 5.74) is 0.392. The topological polar surface area (TPSA) is 83.8 Å². The van der Waals surface area contributed by atoms with E-state index in [1.54, 1.807) is 6.07 Å². The maximum Gasteiger partial charge on any atom is 0.293 e. The summed E-state index contributed by atoms with van der Waals surface area (Å²) in [6, 6.07) is 4.35. The van der Waals surface area contributed by atoms with Gasteiger partial charge in [-0.3, -0.25) is 10.1 Å². The van der Waals surface area contributed by atoms with Crippen molar-refractivity contribution in [2.45, 2.75) is 30.6 Å². The normalized spacial score (nSPS) is 20.2. The minimum absolute atomic E-state index is 0.0243. The number of rotatable bonds is 4. The molecule has 25 heavy (non-hydrogen) atoms. The first-order chi connectivity index (χ1) is 12.0. The summed E-state index contributed by atoms with van der Waals surface area (Å²) in [6.07, 6.45) is 3.73. The van der Waals surface area contributed by atoms with E-state index in [-0.39, 0.29) is 10.6 Å². The molecule has 2 saturated heterocycles. The van der Waals surface area contributed by atoms with Crippen molar-refractivity contribution in [3.05, 3.63) is 28.3 Å². The molecule has 0 saturated carbocycles. The molecule has 0 unspecified atom stereocenters. The van der Waals surface area contributed by atoms with Crippen molar-refractivity contribution >= 4 is 33.2 Å². The maximum absolute atomic E-state index is 12.9. The van der Waals surface area contributed by atoms with Gasteiger partial charge in [0.05, 0.1) is 9.82 Å². The van der Waals surface area contributed by atoms with Crippen LogP contribution in [-0.2, 0) is 10.0 Å². The van der Waals surface area contributed by atoms with Crippen molar-refractivity contribution in [1.29, 1.82) is 0 Å². The highest BCUT2D eigenvalue weighted by molar-refractivity contribution is 7.99. The van der Waals surface area contributed by atoms with Crippen LogP contribution < -0.4 is 4.90 Å². The average molecular weight is 386 g/mol. The number of hydrogen-bond acceptors (Lipinski definition) is 6. The number of benzene rings is 1. The zero-order chi connectivity index (χ0) is 17.9. The molecular formula is C16H23N3O4S2. The van der Waals surface area contributed by atoms with Crippen LogP contribution in [0.1, 0.15) is 25.7 Å². The lowest BCUT2D eigenvalue weighted by Crippen LogP contribution is -2.33. The van der Waals surface area contributed by atoms with E-state index >= 15 is 0 Å². The molecule has 0 N–H and O–H groups in total. The van der Waals surface area contributed by atoms with Crippen molar-refractivity contribution in [2.24, 2.45) is 0 Å². The van der Waals surface area contributed by atoms with Crippen LogP contribution in [0.25, 0.3) is 0 Å². The summed E-state index contributed by atoms with van der Waals surface area (Å²) in [7, 11) is -3.68. The molecule has 2 heterocycles. The quantitative estimate of drug-likeness (QED) is 0.585. The Morgan fingerprint density at radius 1 is 1.00 bits per heavy atom. The second-order valence-electron chi connectivity index (χ2n) is 6.33. The number of nitro groups is 1. The third kappa shape index (κ3) is 4.09. The molecule has 2 aliphatic heterocycles. The highest BCUT2D eigenvalue weighted by atomic mass is 32.2. The van der Waals surface area contributed by atoms with Gasteiger partial charge >= 0.3 is 0 Å². The summed E-state index contributed by atoms with van der Waals surface area (Å²) in [5.74, 6) is 1.84. The van der Waals surface area contributed by atoms with Gasteiger partial charge in [-0.15, -0.1) is 0 Å². The molecular weight excluding hydrogens is 362 g/mol. The molecule has 3 rings (SSSR count). The lowest BCUT2D eigenvalue weighted by Gasteiger charge is -2.28. The second-order valence-corrected chi connectivity index (χ2v) is 9.49. The molecule has 0 aliphatic carbocycles. The number of anilines is 1. The largest absolute Gasteiger partial charge is 0.364 e. The third-order valence-corrected chi connectivity index (χ3v) is 7.54. The van der Waals surface area contributed by atoms with Gasteiger partial charge in [0.1, 0.15) is 5.69 Å². The van der Waals surface area contributed by atoms with Gasteiger partial charge in [-0.1, -0.05) is 12.8 Å². The zero-order valence-electron chi connectivity index (χ0n) is 14.1. The summed E-state index contributed by atoms with van der Waals surface area (Å²) in [4.78, 5) is 13.1. The van der Waals surface area contributed by atoms with E-state index in [1.165, 1.54) is 16.4 Å². The molecule has 7 nitrogen and oxygen atoms in total. The van der Waals surface area contributed by atoms with E-state index < -0.39 is 14.9 Å². The zero-order valence-corrected chi connectivity index (χ0v) is 15.7. The fourth-order valence-corrected chi connectivity index (χ4v) is 5.75. The first kappa shape index (κ1) is 18.5. The monoisotopic (exact) mass is 385 g/mol. The number of nitro benzene ring substituents is 1. The fourth-order valence-electron chi connectivity index (χ4n) is 3.31. The van der Waals surface area contributed by atoms with E-state index in [4.69, 9.17) is 0 Å². The minimum Gasteiger partial charge on any atom is -0.364 e. The van der Waals surface area contributed by atoms with E-state index in [2.05, 4.69) is 0 Å². The van der Waals surface area contributed by atoms with Crippen LogP contribution in [0.5, 0.6) is 0 Å². The van der Waals surface area contributed by atoms with Gasteiger partial charge < -0.3 is 4.90 Å². The first-order valence-corrected chi connectivity index (χ1v) is 11.2. The average Bonchev–Trinajstić information content (AvgIpc) is 2.92. The van der Waals surface area contributed by atoms with E-state index in [0.717, 1.165) is 50.3 Å². The molecule has 2 aliphatic rings. The van der Waals surface area contributed by atoms with Crippen LogP contribution in [0.2, 0.25) is 0 Å². The molecule has 0 atom stereocenters. The molecule has 2 fully saturated rings. The van der Waals surface area contributed by atoms with Crippen LogP contribution in [0, 0.1) is 10.1 Å². The number of thioether (sulfide) groups is 1. The van der Waals surface area contributed by atoms with Crippen LogP contribution in [-0.4, -0.2) is 55.3 Å². The van der Waals surface area contributed by atoms with Crippen molar-refractivity contribution in [3.63, 3.8) is 0 Å². The Bertz CT molecular complexity index is 725. The summed E-state index contributed by atoms with van der Waals surface area (Å²) >= 11 is 1.82. The lowest BCUT2D eigenvalue weighted by atomic mass is 10.2.